The highest BCUT2D eigenvalue weighted by atomic mass is 79.9. The summed E-state index contributed by atoms with van der Waals surface area (Å²) in [6.07, 6.45) is 0. The molecule has 0 aromatic heterocycles. The van der Waals surface area contributed by atoms with Gasteiger partial charge < -0.3 is 15.5 Å². The van der Waals surface area contributed by atoms with Crippen molar-refractivity contribution in [1.82, 2.24) is 10.2 Å². The SMILES string of the molecule is OCC(F)(F)[C@H](c1cc(Br)ccc1O)N1CCNCC1. The first kappa shape index (κ1) is 15.6. The van der Waals surface area contributed by atoms with Crippen molar-refractivity contribution < 1.29 is 19.0 Å². The second-order valence-electron chi connectivity index (χ2n) is 4.81. The molecule has 1 aromatic carbocycles. The summed E-state index contributed by atoms with van der Waals surface area (Å²) in [4.78, 5) is 1.59. The lowest BCUT2D eigenvalue weighted by Gasteiger charge is -2.39. The second kappa shape index (κ2) is 6.34. The van der Waals surface area contributed by atoms with Crippen LogP contribution in [0, 0.1) is 0 Å². The number of hydrogen-bond donors (Lipinski definition) is 3. The van der Waals surface area contributed by atoms with E-state index in [2.05, 4.69) is 21.2 Å². The molecule has 2 rings (SSSR count). The summed E-state index contributed by atoms with van der Waals surface area (Å²) in [6, 6.07) is 3.10. The van der Waals surface area contributed by atoms with Gasteiger partial charge in [-0.15, -0.1) is 0 Å². The van der Waals surface area contributed by atoms with Crippen LogP contribution in [0.1, 0.15) is 11.6 Å². The number of hydrogen-bond acceptors (Lipinski definition) is 4. The summed E-state index contributed by atoms with van der Waals surface area (Å²) in [5.74, 6) is -3.51. The number of alkyl halides is 2. The Kier molecular flexibility index (Phi) is 4.95. The maximum absolute atomic E-state index is 14.2. The van der Waals surface area contributed by atoms with Gasteiger partial charge in [-0.1, -0.05) is 15.9 Å². The van der Waals surface area contributed by atoms with Gasteiger partial charge in [-0.2, -0.15) is 0 Å². The molecular formula is C13H17BrF2N2O2. The van der Waals surface area contributed by atoms with Crippen LogP contribution in [0.25, 0.3) is 0 Å². The van der Waals surface area contributed by atoms with E-state index in [1.54, 1.807) is 11.0 Å². The minimum atomic E-state index is -3.32. The summed E-state index contributed by atoms with van der Waals surface area (Å²) < 4.78 is 28.9. The van der Waals surface area contributed by atoms with Crippen LogP contribution in [0.15, 0.2) is 22.7 Å². The first-order valence-electron chi connectivity index (χ1n) is 6.37. The zero-order chi connectivity index (χ0) is 14.8. The van der Waals surface area contributed by atoms with Gasteiger partial charge in [0.2, 0.25) is 0 Å². The van der Waals surface area contributed by atoms with Crippen LogP contribution in [-0.2, 0) is 0 Å². The van der Waals surface area contributed by atoms with Crippen molar-refractivity contribution in [2.45, 2.75) is 12.0 Å². The van der Waals surface area contributed by atoms with E-state index in [1.165, 1.54) is 12.1 Å². The number of benzene rings is 1. The predicted molar refractivity (Wildman–Crippen MR) is 75.0 cm³/mol. The molecule has 4 nitrogen and oxygen atoms in total. The van der Waals surface area contributed by atoms with E-state index in [-0.39, 0.29) is 11.3 Å². The van der Waals surface area contributed by atoms with E-state index in [0.29, 0.717) is 30.7 Å². The molecule has 1 aliphatic rings. The monoisotopic (exact) mass is 350 g/mol. The summed E-state index contributed by atoms with van der Waals surface area (Å²) >= 11 is 3.23. The molecule has 1 saturated heterocycles. The Hall–Kier alpha value is -0.760. The average Bonchev–Trinajstić information content (AvgIpc) is 2.44. The van der Waals surface area contributed by atoms with Gasteiger partial charge in [0.15, 0.2) is 0 Å². The highest BCUT2D eigenvalue weighted by molar-refractivity contribution is 9.10. The summed E-state index contributed by atoms with van der Waals surface area (Å²) in [5, 5.41) is 22.0. The number of phenols is 1. The number of aromatic hydroxyl groups is 1. The highest BCUT2D eigenvalue weighted by Crippen LogP contribution is 2.41. The Morgan fingerprint density at radius 2 is 2.00 bits per heavy atom. The standard InChI is InChI=1S/C13H17BrF2N2O2/c14-9-1-2-11(20)10(7-9)12(13(15,16)8-19)18-5-3-17-4-6-18/h1-2,7,12,17,19-20H,3-6,8H2/t12-/m0/s1. The molecule has 20 heavy (non-hydrogen) atoms. The molecule has 1 heterocycles. The molecule has 0 aliphatic carbocycles. The summed E-state index contributed by atoms with van der Waals surface area (Å²) in [6.45, 7) is 0.825. The molecule has 112 valence electrons. The average molecular weight is 351 g/mol. The lowest BCUT2D eigenvalue weighted by Crippen LogP contribution is -2.51. The van der Waals surface area contributed by atoms with E-state index in [9.17, 15) is 13.9 Å². The number of halogens is 3. The van der Waals surface area contributed by atoms with Crippen LogP contribution in [0.3, 0.4) is 0 Å². The lowest BCUT2D eigenvalue weighted by molar-refractivity contribution is -0.119. The topological polar surface area (TPSA) is 55.7 Å². The van der Waals surface area contributed by atoms with Crippen LogP contribution in [0.2, 0.25) is 0 Å². The largest absolute Gasteiger partial charge is 0.508 e. The normalized spacial score (nSPS) is 19.0. The third-order valence-electron chi connectivity index (χ3n) is 3.41. The number of phenolic OH excluding ortho intramolecular Hbond substituents is 1. The number of aliphatic hydroxyl groups is 1. The van der Waals surface area contributed by atoms with E-state index in [1.807, 2.05) is 0 Å². The van der Waals surface area contributed by atoms with E-state index >= 15 is 0 Å². The molecule has 0 unspecified atom stereocenters. The first-order valence-corrected chi connectivity index (χ1v) is 7.17. The molecule has 1 fully saturated rings. The van der Waals surface area contributed by atoms with Crippen molar-refractivity contribution in [2.75, 3.05) is 32.8 Å². The van der Waals surface area contributed by atoms with Crippen molar-refractivity contribution >= 4 is 15.9 Å². The number of aliphatic hydroxyl groups excluding tert-OH is 1. The van der Waals surface area contributed by atoms with Gasteiger partial charge in [0.05, 0.1) is 0 Å². The van der Waals surface area contributed by atoms with Gasteiger partial charge in [-0.3, -0.25) is 4.90 Å². The van der Waals surface area contributed by atoms with Crippen LogP contribution < -0.4 is 5.32 Å². The molecule has 3 N–H and O–H groups in total. The smallest absolute Gasteiger partial charge is 0.290 e. The zero-order valence-corrected chi connectivity index (χ0v) is 12.4. The predicted octanol–water partition coefficient (Wildman–Crippen LogP) is 1.73. The van der Waals surface area contributed by atoms with E-state index in [0.717, 1.165) is 0 Å². The molecule has 0 spiro atoms. The fourth-order valence-corrected chi connectivity index (χ4v) is 2.84. The molecular weight excluding hydrogens is 334 g/mol. The molecule has 0 saturated carbocycles. The lowest BCUT2D eigenvalue weighted by atomic mass is 9.97. The number of rotatable bonds is 4. The minimum absolute atomic E-state index is 0.125. The highest BCUT2D eigenvalue weighted by Gasteiger charge is 2.45. The Labute approximate surface area is 124 Å². The van der Waals surface area contributed by atoms with Crippen molar-refractivity contribution in [3.8, 4) is 5.75 Å². The number of nitrogens with one attached hydrogen (secondary N) is 1. The maximum atomic E-state index is 14.2. The molecule has 1 aromatic rings. The molecule has 1 aliphatic heterocycles. The third kappa shape index (κ3) is 3.28. The fourth-order valence-electron chi connectivity index (χ4n) is 2.46. The number of nitrogens with zero attached hydrogens (tertiary/aromatic N) is 1. The van der Waals surface area contributed by atoms with Crippen molar-refractivity contribution in [2.24, 2.45) is 0 Å². The van der Waals surface area contributed by atoms with Gasteiger partial charge in [0.25, 0.3) is 5.92 Å². The van der Waals surface area contributed by atoms with Gasteiger partial charge in [0, 0.05) is 36.2 Å². The summed E-state index contributed by atoms with van der Waals surface area (Å²) in [5.41, 5.74) is 0.125. The maximum Gasteiger partial charge on any atom is 0.290 e. The molecule has 0 radical (unpaired) electrons. The van der Waals surface area contributed by atoms with Crippen molar-refractivity contribution in [3.05, 3.63) is 28.2 Å². The minimum Gasteiger partial charge on any atom is -0.508 e. The first-order chi connectivity index (χ1) is 9.45. The Balaban J connectivity index is 2.42. The van der Waals surface area contributed by atoms with Crippen molar-refractivity contribution in [3.63, 3.8) is 0 Å². The van der Waals surface area contributed by atoms with Crippen molar-refractivity contribution in [1.29, 1.82) is 0 Å². The van der Waals surface area contributed by atoms with E-state index < -0.39 is 18.6 Å². The van der Waals surface area contributed by atoms with Gasteiger partial charge in [-0.25, -0.2) is 8.78 Å². The van der Waals surface area contributed by atoms with Crippen LogP contribution in [0.4, 0.5) is 8.78 Å². The van der Waals surface area contributed by atoms with Gasteiger partial charge in [-0.05, 0) is 18.2 Å². The Morgan fingerprint density at radius 3 is 2.60 bits per heavy atom. The molecule has 1 atom stereocenters. The van der Waals surface area contributed by atoms with Crippen LogP contribution >= 0.6 is 15.9 Å². The Morgan fingerprint density at radius 1 is 1.35 bits per heavy atom. The second-order valence-corrected chi connectivity index (χ2v) is 5.73. The zero-order valence-electron chi connectivity index (χ0n) is 10.8. The Bertz CT molecular complexity index is 468. The van der Waals surface area contributed by atoms with Gasteiger partial charge >= 0.3 is 0 Å². The molecule has 7 heteroatoms. The number of piperazine rings is 1. The summed E-state index contributed by atoms with van der Waals surface area (Å²) in [7, 11) is 0. The third-order valence-corrected chi connectivity index (χ3v) is 3.91. The van der Waals surface area contributed by atoms with Crippen LogP contribution in [-0.4, -0.2) is 53.8 Å². The quantitative estimate of drug-likeness (QED) is 0.774. The molecule has 0 bridgehead atoms. The fraction of sp³-hybridized carbons (Fsp3) is 0.538. The van der Waals surface area contributed by atoms with Gasteiger partial charge in [0.1, 0.15) is 18.4 Å². The van der Waals surface area contributed by atoms with Crippen LogP contribution in [0.5, 0.6) is 5.75 Å². The van der Waals surface area contributed by atoms with E-state index in [4.69, 9.17) is 5.11 Å². The molecule has 0 amide bonds.